The lowest BCUT2D eigenvalue weighted by Crippen LogP contribution is -2.32. The zero-order valence-electron chi connectivity index (χ0n) is 22.1. The number of amides is 1. The van der Waals surface area contributed by atoms with E-state index in [0.717, 1.165) is 42.3 Å². The molecule has 1 fully saturated rings. The second-order valence-electron chi connectivity index (χ2n) is 10.1. The highest BCUT2D eigenvalue weighted by Crippen LogP contribution is 2.38. The average molecular weight is 534 g/mol. The van der Waals surface area contributed by atoms with Gasteiger partial charge in [0, 0.05) is 47.9 Å². The first-order valence-corrected chi connectivity index (χ1v) is 13.0. The van der Waals surface area contributed by atoms with Crippen LogP contribution in [0.4, 0.5) is 8.78 Å². The second kappa shape index (κ2) is 9.92. The maximum atomic E-state index is 15.0. The third-order valence-corrected chi connectivity index (χ3v) is 7.94. The summed E-state index contributed by atoms with van der Waals surface area (Å²) < 4.78 is 40.2. The number of benzene rings is 2. The number of likely N-dealkylation sites (tertiary alicyclic amines) is 1. The summed E-state index contributed by atoms with van der Waals surface area (Å²) in [7, 11) is 4.75. The Morgan fingerprint density at radius 3 is 2.56 bits per heavy atom. The molecule has 6 rings (SSSR count). The number of nitrogens with one attached hydrogen (secondary N) is 1. The first-order chi connectivity index (χ1) is 18.9. The molecule has 1 N–H and O–H groups in total. The lowest BCUT2D eigenvalue weighted by atomic mass is 10.0. The van der Waals surface area contributed by atoms with Gasteiger partial charge in [-0.05, 0) is 56.6 Å². The fraction of sp³-hybridized carbons (Fsp3) is 0.345. The summed E-state index contributed by atoms with van der Waals surface area (Å²) in [4.78, 5) is 21.7. The number of hydrogen-bond donors (Lipinski definition) is 1. The minimum Gasteiger partial charge on any atom is -0.494 e. The van der Waals surface area contributed by atoms with E-state index < -0.39 is 11.6 Å². The standard InChI is InChI=1S/C29H29F2N5O3/c1-35-9-4-5-18(35)8-10-36-15-17-11-16(6-7-19(17)29(36)37)28-20-14-32-22(12-21(20)33-34-28)25-26(30)23(38-2)13-24(39-3)27(25)31/h6-7,11-14,18H,4-5,8-10,15H2,1-3H3,(H,33,34). The predicted octanol–water partition coefficient (Wildman–Crippen LogP) is 5.03. The molecule has 8 nitrogen and oxygen atoms in total. The Balaban J connectivity index is 1.28. The molecular formula is C29H29F2N5O3. The molecule has 0 radical (unpaired) electrons. The zero-order valence-corrected chi connectivity index (χ0v) is 22.1. The van der Waals surface area contributed by atoms with Crippen LogP contribution in [0.15, 0.2) is 36.5 Å². The van der Waals surface area contributed by atoms with Crippen LogP contribution in [0.5, 0.6) is 11.5 Å². The molecular weight excluding hydrogens is 504 g/mol. The number of aromatic amines is 1. The van der Waals surface area contributed by atoms with E-state index in [1.54, 1.807) is 6.07 Å². The van der Waals surface area contributed by atoms with Crippen LogP contribution in [0.3, 0.4) is 0 Å². The number of hydrogen-bond acceptors (Lipinski definition) is 6. The van der Waals surface area contributed by atoms with Crippen LogP contribution in [0.2, 0.25) is 0 Å². The van der Waals surface area contributed by atoms with E-state index in [4.69, 9.17) is 9.47 Å². The van der Waals surface area contributed by atoms with Crippen LogP contribution < -0.4 is 9.47 Å². The van der Waals surface area contributed by atoms with Crippen LogP contribution in [0, 0.1) is 11.6 Å². The van der Waals surface area contributed by atoms with Gasteiger partial charge < -0.3 is 19.3 Å². The van der Waals surface area contributed by atoms with Gasteiger partial charge in [-0.2, -0.15) is 5.10 Å². The summed E-state index contributed by atoms with van der Waals surface area (Å²) in [6, 6.07) is 8.96. The Kier molecular flexibility index (Phi) is 6.42. The minimum atomic E-state index is -0.866. The Morgan fingerprint density at radius 1 is 1.10 bits per heavy atom. The summed E-state index contributed by atoms with van der Waals surface area (Å²) in [5.74, 6) is -1.96. The van der Waals surface area contributed by atoms with E-state index in [1.807, 2.05) is 23.1 Å². The SMILES string of the molecule is COc1cc(OC)c(F)c(-c2cc3[nH]nc(-c4ccc5c(c4)CN(CCC4CCCN4C)C5=O)c3cn2)c1F. The lowest BCUT2D eigenvalue weighted by molar-refractivity contribution is 0.0765. The molecule has 39 heavy (non-hydrogen) atoms. The number of nitrogens with zero attached hydrogens (tertiary/aromatic N) is 4. The Bertz CT molecular complexity index is 1560. The van der Waals surface area contributed by atoms with Crippen molar-refractivity contribution in [3.8, 4) is 34.0 Å². The summed E-state index contributed by atoms with van der Waals surface area (Å²) >= 11 is 0. The number of aromatic nitrogens is 3. The van der Waals surface area contributed by atoms with Crippen molar-refractivity contribution in [2.24, 2.45) is 0 Å². The second-order valence-corrected chi connectivity index (χ2v) is 10.1. The molecule has 0 bridgehead atoms. The van der Waals surface area contributed by atoms with Crippen molar-refractivity contribution in [1.82, 2.24) is 25.0 Å². The number of carbonyl (C=O) groups excluding carboxylic acids is 1. The molecule has 1 unspecified atom stereocenters. The van der Waals surface area contributed by atoms with E-state index in [0.29, 0.717) is 29.2 Å². The molecule has 2 aromatic carbocycles. The number of halogens is 2. The highest BCUT2D eigenvalue weighted by molar-refractivity contribution is 6.00. The highest BCUT2D eigenvalue weighted by Gasteiger charge is 2.30. The molecule has 1 amide bonds. The highest BCUT2D eigenvalue weighted by atomic mass is 19.1. The number of rotatable bonds is 7. The molecule has 202 valence electrons. The van der Waals surface area contributed by atoms with Crippen molar-refractivity contribution >= 4 is 16.8 Å². The first kappa shape index (κ1) is 25.2. The molecule has 4 aromatic rings. The first-order valence-electron chi connectivity index (χ1n) is 13.0. The monoisotopic (exact) mass is 533 g/mol. The maximum Gasteiger partial charge on any atom is 0.254 e. The summed E-state index contributed by atoms with van der Waals surface area (Å²) in [5.41, 5.74) is 3.46. The van der Waals surface area contributed by atoms with Crippen molar-refractivity contribution in [2.75, 3.05) is 34.4 Å². The van der Waals surface area contributed by atoms with E-state index in [2.05, 4.69) is 27.1 Å². The van der Waals surface area contributed by atoms with E-state index in [1.165, 1.54) is 33.3 Å². The molecule has 4 heterocycles. The van der Waals surface area contributed by atoms with Gasteiger partial charge in [0.25, 0.3) is 5.91 Å². The number of ether oxygens (including phenoxy) is 2. The van der Waals surface area contributed by atoms with Gasteiger partial charge in [0.2, 0.25) is 0 Å². The van der Waals surface area contributed by atoms with Gasteiger partial charge in [0.15, 0.2) is 23.1 Å². The summed E-state index contributed by atoms with van der Waals surface area (Å²) in [5, 5.41) is 8.12. The molecule has 2 aliphatic rings. The Hall–Kier alpha value is -4.05. The van der Waals surface area contributed by atoms with Gasteiger partial charge in [-0.15, -0.1) is 0 Å². The number of methoxy groups -OCH3 is 2. The maximum absolute atomic E-state index is 15.0. The minimum absolute atomic E-state index is 0.0631. The molecule has 2 aromatic heterocycles. The third kappa shape index (κ3) is 4.28. The number of H-pyrrole nitrogens is 1. The number of fused-ring (bicyclic) bond motifs is 2. The van der Waals surface area contributed by atoms with Gasteiger partial charge in [0.05, 0.1) is 31.0 Å². The quantitative estimate of drug-likeness (QED) is 0.359. The molecule has 0 saturated carbocycles. The summed E-state index contributed by atoms with van der Waals surface area (Å²) in [6.45, 7) is 2.42. The van der Waals surface area contributed by atoms with Crippen molar-refractivity contribution in [3.63, 3.8) is 0 Å². The smallest absolute Gasteiger partial charge is 0.254 e. The van der Waals surface area contributed by atoms with Crippen molar-refractivity contribution < 1.29 is 23.0 Å². The molecule has 10 heteroatoms. The Morgan fingerprint density at radius 2 is 1.87 bits per heavy atom. The van der Waals surface area contributed by atoms with Crippen molar-refractivity contribution in [3.05, 3.63) is 59.3 Å². The van der Waals surface area contributed by atoms with Gasteiger partial charge in [-0.25, -0.2) is 8.78 Å². The molecule has 1 atom stereocenters. The van der Waals surface area contributed by atoms with Crippen LogP contribution in [-0.2, 0) is 6.54 Å². The van der Waals surface area contributed by atoms with Crippen LogP contribution in [0.25, 0.3) is 33.4 Å². The molecule has 0 aliphatic carbocycles. The van der Waals surface area contributed by atoms with E-state index >= 15 is 8.78 Å². The van der Waals surface area contributed by atoms with E-state index in [9.17, 15) is 4.79 Å². The third-order valence-electron chi connectivity index (χ3n) is 7.94. The zero-order chi connectivity index (χ0) is 27.3. The predicted molar refractivity (Wildman–Crippen MR) is 143 cm³/mol. The fourth-order valence-corrected chi connectivity index (χ4v) is 5.74. The molecule has 1 saturated heterocycles. The normalized spacial score (nSPS) is 17.3. The van der Waals surface area contributed by atoms with Crippen molar-refractivity contribution in [1.29, 1.82) is 0 Å². The lowest BCUT2D eigenvalue weighted by Gasteiger charge is -2.23. The fourth-order valence-electron chi connectivity index (χ4n) is 5.74. The molecule has 0 spiro atoms. The summed E-state index contributed by atoms with van der Waals surface area (Å²) in [6.07, 6.45) is 4.91. The van der Waals surface area contributed by atoms with Crippen LogP contribution >= 0.6 is 0 Å². The van der Waals surface area contributed by atoms with Crippen LogP contribution in [-0.4, -0.2) is 71.3 Å². The largest absolute Gasteiger partial charge is 0.494 e. The van der Waals surface area contributed by atoms with E-state index in [-0.39, 0.29) is 28.7 Å². The Labute approximate surface area is 224 Å². The average Bonchev–Trinajstić information content (AvgIpc) is 3.64. The van der Waals surface area contributed by atoms with Crippen LogP contribution in [0.1, 0.15) is 35.2 Å². The van der Waals surface area contributed by atoms with Gasteiger partial charge in [0.1, 0.15) is 5.69 Å². The van der Waals surface area contributed by atoms with Gasteiger partial charge in [-0.1, -0.05) is 6.07 Å². The van der Waals surface area contributed by atoms with Gasteiger partial charge in [-0.3, -0.25) is 14.9 Å². The number of pyridine rings is 1. The number of carbonyl (C=O) groups is 1. The topological polar surface area (TPSA) is 83.6 Å². The molecule has 2 aliphatic heterocycles. The van der Waals surface area contributed by atoms with Crippen molar-refractivity contribution in [2.45, 2.75) is 31.8 Å². The van der Waals surface area contributed by atoms with Gasteiger partial charge >= 0.3 is 0 Å².